The summed E-state index contributed by atoms with van der Waals surface area (Å²) in [5.74, 6) is 0.549. The van der Waals surface area contributed by atoms with Crippen LogP contribution < -0.4 is 5.32 Å². The van der Waals surface area contributed by atoms with Gasteiger partial charge in [0.05, 0.1) is 13.7 Å². The zero-order chi connectivity index (χ0) is 15.2. The zero-order valence-corrected chi connectivity index (χ0v) is 12.3. The first-order valence-electron chi connectivity index (χ1n) is 6.45. The molecule has 8 nitrogen and oxygen atoms in total. The fourth-order valence-electron chi connectivity index (χ4n) is 1.65. The molecule has 0 saturated carbocycles. The lowest BCUT2D eigenvalue weighted by molar-refractivity contribution is 0.165. The van der Waals surface area contributed by atoms with Crippen LogP contribution in [0.4, 0.5) is 10.5 Å². The van der Waals surface area contributed by atoms with Gasteiger partial charge in [0.25, 0.3) is 0 Å². The van der Waals surface area contributed by atoms with Crippen LogP contribution in [0.5, 0.6) is 0 Å². The Kier molecular flexibility index (Phi) is 4.83. The number of ether oxygens (including phenoxy) is 1. The highest BCUT2D eigenvalue weighted by atomic mass is 16.5. The predicted octanol–water partition coefficient (Wildman–Crippen LogP) is 0.987. The number of nitrogens with one attached hydrogen (secondary N) is 1. The third-order valence-corrected chi connectivity index (χ3v) is 2.88. The van der Waals surface area contributed by atoms with Crippen molar-refractivity contribution in [3.8, 4) is 11.4 Å². The van der Waals surface area contributed by atoms with Gasteiger partial charge in [-0.2, -0.15) is 4.80 Å². The summed E-state index contributed by atoms with van der Waals surface area (Å²) in [6.07, 6.45) is 0. The van der Waals surface area contributed by atoms with Crippen LogP contribution in [0, 0.1) is 0 Å². The van der Waals surface area contributed by atoms with E-state index in [9.17, 15) is 4.79 Å². The summed E-state index contributed by atoms with van der Waals surface area (Å²) < 4.78 is 4.94. The maximum Gasteiger partial charge on any atom is 0.321 e. The first kappa shape index (κ1) is 14.9. The first-order valence-corrected chi connectivity index (χ1v) is 6.45. The number of likely N-dealkylation sites (N-methyl/N-ethyl adjacent to an activating group) is 1. The van der Waals surface area contributed by atoms with E-state index >= 15 is 0 Å². The first-order chi connectivity index (χ1) is 10.1. The number of aromatic nitrogens is 4. The summed E-state index contributed by atoms with van der Waals surface area (Å²) in [7, 11) is 5.03. The number of methoxy groups -OCH3 is 1. The van der Waals surface area contributed by atoms with Crippen LogP contribution >= 0.6 is 0 Å². The minimum absolute atomic E-state index is 0.183. The summed E-state index contributed by atoms with van der Waals surface area (Å²) in [5, 5.41) is 14.6. The van der Waals surface area contributed by atoms with Gasteiger partial charge in [-0.3, -0.25) is 0 Å². The quantitative estimate of drug-likeness (QED) is 0.887. The number of urea groups is 1. The SMILES string of the molecule is COCCN(C)C(=O)Nc1ccc(-c2nnn(C)n2)cc1. The number of amides is 2. The Hall–Kier alpha value is -2.48. The average Bonchev–Trinajstić information content (AvgIpc) is 2.92. The predicted molar refractivity (Wildman–Crippen MR) is 77.8 cm³/mol. The van der Waals surface area contributed by atoms with Crippen LogP contribution in [0.3, 0.4) is 0 Å². The number of aryl methyl sites for hydroxylation is 1. The molecule has 2 amide bonds. The molecule has 2 aromatic rings. The van der Waals surface area contributed by atoms with Gasteiger partial charge < -0.3 is 15.0 Å². The fraction of sp³-hybridized carbons (Fsp3) is 0.385. The molecule has 0 fully saturated rings. The molecule has 1 aromatic heterocycles. The Balaban J connectivity index is 1.97. The Labute approximate surface area is 122 Å². The van der Waals surface area contributed by atoms with Crippen molar-refractivity contribution in [1.29, 1.82) is 0 Å². The van der Waals surface area contributed by atoms with Gasteiger partial charge >= 0.3 is 6.03 Å². The number of carbonyl (C=O) groups is 1. The molecule has 0 saturated heterocycles. The molecule has 0 unspecified atom stereocenters. The summed E-state index contributed by atoms with van der Waals surface area (Å²) in [4.78, 5) is 14.9. The van der Waals surface area contributed by atoms with Crippen molar-refractivity contribution < 1.29 is 9.53 Å². The second-order valence-electron chi connectivity index (χ2n) is 4.52. The van der Waals surface area contributed by atoms with Crippen molar-refractivity contribution >= 4 is 11.7 Å². The average molecular weight is 290 g/mol. The van der Waals surface area contributed by atoms with Gasteiger partial charge in [0, 0.05) is 32.0 Å². The van der Waals surface area contributed by atoms with E-state index in [0.717, 1.165) is 5.56 Å². The van der Waals surface area contributed by atoms with Crippen LogP contribution in [-0.4, -0.2) is 58.4 Å². The molecule has 0 aliphatic carbocycles. The Bertz CT molecular complexity index is 595. The van der Waals surface area contributed by atoms with Crippen LogP contribution in [-0.2, 0) is 11.8 Å². The lowest BCUT2D eigenvalue weighted by Gasteiger charge is -2.17. The van der Waals surface area contributed by atoms with Crippen molar-refractivity contribution in [3.63, 3.8) is 0 Å². The van der Waals surface area contributed by atoms with Crippen LogP contribution in [0.25, 0.3) is 11.4 Å². The van der Waals surface area contributed by atoms with Crippen molar-refractivity contribution in [2.24, 2.45) is 7.05 Å². The Morgan fingerprint density at radius 2 is 2.10 bits per heavy atom. The largest absolute Gasteiger partial charge is 0.383 e. The lowest BCUT2D eigenvalue weighted by atomic mass is 10.2. The highest BCUT2D eigenvalue weighted by Crippen LogP contribution is 2.17. The second kappa shape index (κ2) is 6.80. The number of tetrazole rings is 1. The molecule has 2 rings (SSSR count). The number of hydrogen-bond donors (Lipinski definition) is 1. The van der Waals surface area contributed by atoms with Crippen molar-refractivity contribution in [2.75, 3.05) is 32.6 Å². The van der Waals surface area contributed by atoms with Gasteiger partial charge in [-0.15, -0.1) is 10.2 Å². The molecule has 0 atom stereocenters. The standard InChI is InChI=1S/C13H18N6O2/c1-18(8-9-21-3)13(20)14-11-6-4-10(5-7-11)12-15-17-19(2)16-12/h4-7H,8-9H2,1-3H3,(H,14,20). The summed E-state index contributed by atoms with van der Waals surface area (Å²) in [6, 6.07) is 7.09. The van der Waals surface area contributed by atoms with E-state index in [2.05, 4.69) is 20.7 Å². The van der Waals surface area contributed by atoms with Gasteiger partial charge in [0.2, 0.25) is 5.82 Å². The number of carbonyl (C=O) groups excluding carboxylic acids is 1. The van der Waals surface area contributed by atoms with Gasteiger partial charge in [-0.1, -0.05) is 0 Å². The van der Waals surface area contributed by atoms with E-state index in [4.69, 9.17) is 4.74 Å². The normalized spacial score (nSPS) is 10.4. The monoisotopic (exact) mass is 290 g/mol. The summed E-state index contributed by atoms with van der Waals surface area (Å²) in [6.45, 7) is 1.03. The van der Waals surface area contributed by atoms with Gasteiger partial charge in [-0.05, 0) is 29.5 Å². The summed E-state index contributed by atoms with van der Waals surface area (Å²) in [5.41, 5.74) is 1.55. The molecule has 21 heavy (non-hydrogen) atoms. The molecular formula is C13H18N6O2. The molecule has 0 bridgehead atoms. The fourth-order valence-corrected chi connectivity index (χ4v) is 1.65. The number of benzene rings is 1. The van der Waals surface area contributed by atoms with E-state index in [-0.39, 0.29) is 6.03 Å². The summed E-state index contributed by atoms with van der Waals surface area (Å²) >= 11 is 0. The van der Waals surface area contributed by atoms with E-state index in [1.165, 1.54) is 4.80 Å². The number of hydrogen-bond acceptors (Lipinski definition) is 5. The molecule has 0 aliphatic rings. The molecule has 1 aromatic carbocycles. The minimum Gasteiger partial charge on any atom is -0.383 e. The number of nitrogens with zero attached hydrogens (tertiary/aromatic N) is 5. The smallest absolute Gasteiger partial charge is 0.321 e. The lowest BCUT2D eigenvalue weighted by Crippen LogP contribution is -2.33. The molecule has 112 valence electrons. The maximum absolute atomic E-state index is 11.9. The molecule has 1 heterocycles. The Morgan fingerprint density at radius 3 is 2.67 bits per heavy atom. The molecular weight excluding hydrogens is 272 g/mol. The second-order valence-corrected chi connectivity index (χ2v) is 4.52. The molecule has 0 aliphatic heterocycles. The van der Waals surface area contributed by atoms with Crippen molar-refractivity contribution in [2.45, 2.75) is 0 Å². The molecule has 0 radical (unpaired) electrons. The van der Waals surface area contributed by atoms with E-state index < -0.39 is 0 Å². The van der Waals surface area contributed by atoms with Gasteiger partial charge in [-0.25, -0.2) is 4.79 Å². The van der Waals surface area contributed by atoms with E-state index in [1.54, 1.807) is 38.2 Å². The Morgan fingerprint density at radius 1 is 1.38 bits per heavy atom. The minimum atomic E-state index is -0.183. The third-order valence-electron chi connectivity index (χ3n) is 2.88. The van der Waals surface area contributed by atoms with Crippen LogP contribution in [0.1, 0.15) is 0 Å². The third kappa shape index (κ3) is 3.99. The van der Waals surface area contributed by atoms with E-state index in [0.29, 0.717) is 24.7 Å². The topological polar surface area (TPSA) is 85.2 Å². The highest BCUT2D eigenvalue weighted by Gasteiger charge is 2.09. The van der Waals surface area contributed by atoms with Crippen molar-refractivity contribution in [1.82, 2.24) is 25.1 Å². The molecule has 8 heteroatoms. The van der Waals surface area contributed by atoms with Gasteiger partial charge in [0.15, 0.2) is 0 Å². The zero-order valence-electron chi connectivity index (χ0n) is 12.3. The number of anilines is 1. The van der Waals surface area contributed by atoms with Gasteiger partial charge in [0.1, 0.15) is 0 Å². The maximum atomic E-state index is 11.9. The number of rotatable bonds is 5. The molecule has 1 N–H and O–H groups in total. The van der Waals surface area contributed by atoms with Crippen LogP contribution in [0.2, 0.25) is 0 Å². The molecule has 0 spiro atoms. The van der Waals surface area contributed by atoms with E-state index in [1.807, 2.05) is 12.1 Å². The van der Waals surface area contributed by atoms with Crippen molar-refractivity contribution in [3.05, 3.63) is 24.3 Å². The van der Waals surface area contributed by atoms with Crippen LogP contribution in [0.15, 0.2) is 24.3 Å². The highest BCUT2D eigenvalue weighted by molar-refractivity contribution is 5.89.